The molecule has 0 saturated carbocycles. The molecule has 4 rings (SSSR count). The van der Waals surface area contributed by atoms with Gasteiger partial charge in [0.15, 0.2) is 5.69 Å². The number of carbonyl (C=O) groups is 1. The maximum atomic E-state index is 13.2. The zero-order chi connectivity index (χ0) is 22.1. The van der Waals surface area contributed by atoms with Crippen LogP contribution in [0, 0.1) is 20.8 Å². The van der Waals surface area contributed by atoms with Gasteiger partial charge in [0.25, 0.3) is 5.91 Å². The van der Waals surface area contributed by atoms with E-state index < -0.39 is 0 Å². The van der Waals surface area contributed by atoms with Gasteiger partial charge in [-0.15, -0.1) is 0 Å². The van der Waals surface area contributed by atoms with E-state index in [0.717, 1.165) is 41.6 Å². The Balaban J connectivity index is 1.43. The molecule has 0 unspecified atom stereocenters. The van der Waals surface area contributed by atoms with E-state index in [-0.39, 0.29) is 5.91 Å². The first-order valence-corrected chi connectivity index (χ1v) is 11.0. The van der Waals surface area contributed by atoms with E-state index in [4.69, 9.17) is 27.7 Å². The molecule has 1 aliphatic rings. The number of benzene rings is 1. The fourth-order valence-electron chi connectivity index (χ4n) is 3.88. The second-order valence-electron chi connectivity index (χ2n) is 7.91. The van der Waals surface area contributed by atoms with Crippen LogP contribution in [0.5, 0.6) is 0 Å². The van der Waals surface area contributed by atoms with Crippen molar-refractivity contribution in [1.82, 2.24) is 24.7 Å². The van der Waals surface area contributed by atoms with Crippen LogP contribution in [0.15, 0.2) is 28.8 Å². The van der Waals surface area contributed by atoms with Crippen molar-refractivity contribution >= 4 is 29.1 Å². The van der Waals surface area contributed by atoms with Crippen molar-refractivity contribution in [3.8, 4) is 0 Å². The predicted molar refractivity (Wildman–Crippen MR) is 120 cm³/mol. The number of aryl methyl sites for hydroxylation is 2. The summed E-state index contributed by atoms with van der Waals surface area (Å²) in [4.78, 5) is 17.4. The normalized spacial score (nSPS) is 14.9. The number of carbonyl (C=O) groups excluding carboxylic acids is 1. The summed E-state index contributed by atoms with van der Waals surface area (Å²) in [6.45, 7) is 9.64. The average molecular weight is 462 g/mol. The van der Waals surface area contributed by atoms with E-state index in [9.17, 15) is 4.79 Å². The minimum Gasteiger partial charge on any atom is -0.361 e. The summed E-state index contributed by atoms with van der Waals surface area (Å²) in [6.07, 6.45) is 0. The highest BCUT2D eigenvalue weighted by Crippen LogP contribution is 2.23. The highest BCUT2D eigenvalue weighted by Gasteiger charge is 2.28. The Hall–Kier alpha value is -2.35. The molecular formula is C22H25Cl2N5O2. The lowest BCUT2D eigenvalue weighted by Gasteiger charge is -2.34. The standard InChI is InChI=1S/C22H25Cl2N5O2/c1-14-20(24)15(2)29(25-14)13-19-16(3)31-26-21(19)22(30)28-9-7-27(8-10-28)12-17-5-4-6-18(23)11-17/h4-6,11H,7-10,12-13H2,1-3H3. The number of hydrogen-bond acceptors (Lipinski definition) is 5. The van der Waals surface area contributed by atoms with Crippen molar-refractivity contribution in [1.29, 1.82) is 0 Å². The van der Waals surface area contributed by atoms with E-state index in [2.05, 4.69) is 21.2 Å². The zero-order valence-corrected chi connectivity index (χ0v) is 19.4. The molecule has 1 aromatic carbocycles. The molecule has 1 amide bonds. The predicted octanol–water partition coefficient (Wildman–Crippen LogP) is 4.11. The molecule has 0 radical (unpaired) electrons. The lowest BCUT2D eigenvalue weighted by Crippen LogP contribution is -2.48. The van der Waals surface area contributed by atoms with Crippen LogP contribution in [-0.2, 0) is 13.1 Å². The molecule has 1 aliphatic heterocycles. The van der Waals surface area contributed by atoms with E-state index in [0.29, 0.717) is 36.1 Å². The minimum atomic E-state index is -0.109. The third kappa shape index (κ3) is 4.63. The zero-order valence-electron chi connectivity index (χ0n) is 17.9. The van der Waals surface area contributed by atoms with Crippen LogP contribution in [0.4, 0.5) is 0 Å². The molecular weight excluding hydrogens is 437 g/mol. The Morgan fingerprint density at radius 3 is 2.48 bits per heavy atom. The molecule has 1 saturated heterocycles. The molecule has 31 heavy (non-hydrogen) atoms. The molecule has 0 spiro atoms. The van der Waals surface area contributed by atoms with Gasteiger partial charge in [-0.1, -0.05) is 40.5 Å². The topological polar surface area (TPSA) is 67.4 Å². The first kappa shape index (κ1) is 21.9. The molecule has 0 N–H and O–H groups in total. The largest absolute Gasteiger partial charge is 0.361 e. The van der Waals surface area contributed by atoms with Gasteiger partial charge >= 0.3 is 0 Å². The van der Waals surface area contributed by atoms with Crippen molar-refractivity contribution < 1.29 is 9.32 Å². The first-order valence-electron chi connectivity index (χ1n) is 10.2. The fraction of sp³-hybridized carbons (Fsp3) is 0.409. The van der Waals surface area contributed by atoms with Crippen LogP contribution in [-0.4, -0.2) is 56.8 Å². The molecule has 0 aliphatic carbocycles. The maximum absolute atomic E-state index is 13.2. The summed E-state index contributed by atoms with van der Waals surface area (Å²) in [7, 11) is 0. The number of amides is 1. The minimum absolute atomic E-state index is 0.109. The van der Waals surface area contributed by atoms with Gasteiger partial charge in [-0.2, -0.15) is 5.10 Å². The molecule has 1 fully saturated rings. The van der Waals surface area contributed by atoms with Crippen LogP contribution in [0.2, 0.25) is 10.0 Å². The SMILES string of the molecule is Cc1nn(Cc2c(C(=O)N3CCN(Cc4cccc(Cl)c4)CC3)noc2C)c(C)c1Cl. The Morgan fingerprint density at radius 2 is 1.84 bits per heavy atom. The van der Waals surface area contributed by atoms with Crippen molar-refractivity contribution in [3.05, 3.63) is 68.3 Å². The second kappa shape index (κ2) is 9.02. The molecule has 3 aromatic rings. The molecule has 164 valence electrons. The summed E-state index contributed by atoms with van der Waals surface area (Å²) < 4.78 is 7.16. The highest BCUT2D eigenvalue weighted by molar-refractivity contribution is 6.31. The van der Waals surface area contributed by atoms with Crippen molar-refractivity contribution in [2.24, 2.45) is 0 Å². The summed E-state index contributed by atoms with van der Waals surface area (Å²) in [6, 6.07) is 7.88. The lowest BCUT2D eigenvalue weighted by atomic mass is 10.1. The van der Waals surface area contributed by atoms with E-state index in [1.807, 2.05) is 43.9 Å². The third-order valence-corrected chi connectivity index (χ3v) is 6.53. The second-order valence-corrected chi connectivity index (χ2v) is 8.72. The van der Waals surface area contributed by atoms with Crippen molar-refractivity contribution in [2.45, 2.75) is 33.9 Å². The van der Waals surface area contributed by atoms with Gasteiger partial charge in [0.05, 0.1) is 23.0 Å². The highest BCUT2D eigenvalue weighted by atomic mass is 35.5. The maximum Gasteiger partial charge on any atom is 0.276 e. The summed E-state index contributed by atoms with van der Waals surface area (Å²) in [5, 5.41) is 9.92. The fourth-order valence-corrected chi connectivity index (χ4v) is 4.22. The van der Waals surface area contributed by atoms with Gasteiger partial charge in [0.2, 0.25) is 0 Å². The van der Waals surface area contributed by atoms with Crippen LogP contribution in [0.3, 0.4) is 0 Å². The van der Waals surface area contributed by atoms with Gasteiger partial charge in [-0.05, 0) is 38.5 Å². The van der Waals surface area contributed by atoms with E-state index in [1.165, 1.54) is 5.56 Å². The first-order chi connectivity index (χ1) is 14.8. The smallest absolute Gasteiger partial charge is 0.276 e. The molecule has 9 heteroatoms. The van der Waals surface area contributed by atoms with Gasteiger partial charge < -0.3 is 9.42 Å². The molecule has 3 heterocycles. The Bertz CT molecular complexity index is 1100. The number of rotatable bonds is 5. The monoisotopic (exact) mass is 461 g/mol. The van der Waals surface area contributed by atoms with Crippen LogP contribution < -0.4 is 0 Å². The van der Waals surface area contributed by atoms with Crippen LogP contribution in [0.25, 0.3) is 0 Å². The molecule has 7 nitrogen and oxygen atoms in total. The molecule has 0 atom stereocenters. The van der Waals surface area contributed by atoms with Crippen LogP contribution in [0.1, 0.15) is 38.8 Å². The van der Waals surface area contributed by atoms with Gasteiger partial charge in [-0.3, -0.25) is 14.4 Å². The third-order valence-electron chi connectivity index (χ3n) is 5.74. The van der Waals surface area contributed by atoms with E-state index >= 15 is 0 Å². The molecule has 0 bridgehead atoms. The lowest BCUT2D eigenvalue weighted by molar-refractivity contribution is 0.0617. The quantitative estimate of drug-likeness (QED) is 0.571. The molecule has 2 aromatic heterocycles. The average Bonchev–Trinajstić information content (AvgIpc) is 3.23. The van der Waals surface area contributed by atoms with Crippen molar-refractivity contribution in [2.75, 3.05) is 26.2 Å². The number of hydrogen-bond donors (Lipinski definition) is 0. The van der Waals surface area contributed by atoms with Crippen molar-refractivity contribution in [3.63, 3.8) is 0 Å². The Labute approximate surface area is 191 Å². The number of piperazine rings is 1. The Morgan fingerprint density at radius 1 is 1.10 bits per heavy atom. The Kier molecular flexibility index (Phi) is 6.36. The van der Waals surface area contributed by atoms with Gasteiger partial charge in [-0.25, -0.2) is 0 Å². The number of aromatic nitrogens is 3. The summed E-state index contributed by atoms with van der Waals surface area (Å²) in [5.41, 5.74) is 3.88. The van der Waals surface area contributed by atoms with Gasteiger partial charge in [0.1, 0.15) is 5.76 Å². The summed E-state index contributed by atoms with van der Waals surface area (Å²) in [5.74, 6) is 0.508. The van der Waals surface area contributed by atoms with Crippen LogP contribution >= 0.6 is 23.2 Å². The van der Waals surface area contributed by atoms with Gasteiger partial charge in [0, 0.05) is 43.3 Å². The summed E-state index contributed by atoms with van der Waals surface area (Å²) >= 11 is 12.4. The number of halogens is 2. The number of nitrogens with zero attached hydrogens (tertiary/aromatic N) is 5. The van der Waals surface area contributed by atoms with E-state index in [1.54, 1.807) is 4.68 Å².